The van der Waals surface area contributed by atoms with Crippen LogP contribution in [-0.2, 0) is 0 Å². The van der Waals surface area contributed by atoms with Gasteiger partial charge in [0.1, 0.15) is 5.75 Å². The first-order chi connectivity index (χ1) is 8.51. The second kappa shape index (κ2) is 6.44. The standard InChI is InChI=1S/C17H24O/c1-6-8-12(3)15-11-16(13(4)9-7-2)17(18)10-14(15)5/h6-13,18H,1-5H3. The van der Waals surface area contributed by atoms with Gasteiger partial charge in [-0.15, -0.1) is 0 Å². The maximum absolute atomic E-state index is 10.1. The topological polar surface area (TPSA) is 20.2 Å². The molecular weight excluding hydrogens is 220 g/mol. The number of aryl methyl sites for hydroxylation is 1. The molecule has 0 heterocycles. The van der Waals surface area contributed by atoms with Gasteiger partial charge in [-0.3, -0.25) is 0 Å². The summed E-state index contributed by atoms with van der Waals surface area (Å²) in [5, 5.41) is 10.1. The van der Waals surface area contributed by atoms with Crippen molar-refractivity contribution in [2.24, 2.45) is 0 Å². The second-order valence-corrected chi connectivity index (χ2v) is 4.90. The molecule has 1 N–H and O–H groups in total. The van der Waals surface area contributed by atoms with Crippen LogP contribution < -0.4 is 0 Å². The number of phenolic OH excluding ortho intramolecular Hbond substituents is 1. The van der Waals surface area contributed by atoms with Crippen LogP contribution in [0.2, 0.25) is 0 Å². The Morgan fingerprint density at radius 2 is 1.44 bits per heavy atom. The average Bonchev–Trinajstić information content (AvgIpc) is 2.29. The molecule has 0 saturated heterocycles. The smallest absolute Gasteiger partial charge is 0.119 e. The Labute approximate surface area is 111 Å². The third kappa shape index (κ3) is 3.25. The largest absolute Gasteiger partial charge is 0.508 e. The van der Waals surface area contributed by atoms with E-state index < -0.39 is 0 Å². The van der Waals surface area contributed by atoms with Gasteiger partial charge in [0, 0.05) is 11.5 Å². The van der Waals surface area contributed by atoms with E-state index in [9.17, 15) is 5.11 Å². The Bertz CT molecular complexity index is 416. The highest BCUT2D eigenvalue weighted by atomic mass is 16.3. The maximum atomic E-state index is 10.1. The lowest BCUT2D eigenvalue weighted by Gasteiger charge is -2.17. The van der Waals surface area contributed by atoms with Crippen LogP contribution in [0.15, 0.2) is 36.4 Å². The minimum Gasteiger partial charge on any atom is -0.508 e. The Morgan fingerprint density at radius 1 is 0.944 bits per heavy atom. The van der Waals surface area contributed by atoms with Gasteiger partial charge in [0.25, 0.3) is 0 Å². The van der Waals surface area contributed by atoms with E-state index >= 15 is 0 Å². The van der Waals surface area contributed by atoms with Crippen molar-refractivity contribution in [1.29, 1.82) is 0 Å². The van der Waals surface area contributed by atoms with E-state index in [4.69, 9.17) is 0 Å². The molecule has 1 nitrogen and oxygen atoms in total. The molecule has 0 spiro atoms. The summed E-state index contributed by atoms with van der Waals surface area (Å²) < 4.78 is 0. The molecule has 18 heavy (non-hydrogen) atoms. The molecule has 0 amide bonds. The van der Waals surface area contributed by atoms with Gasteiger partial charge in [0.05, 0.1) is 0 Å². The van der Waals surface area contributed by atoms with E-state index in [1.54, 1.807) is 0 Å². The number of rotatable bonds is 4. The summed E-state index contributed by atoms with van der Waals surface area (Å²) in [6.07, 6.45) is 8.39. The Morgan fingerprint density at radius 3 is 1.94 bits per heavy atom. The Kier molecular flexibility index (Phi) is 5.21. The van der Waals surface area contributed by atoms with E-state index in [2.05, 4.69) is 45.1 Å². The summed E-state index contributed by atoms with van der Waals surface area (Å²) in [7, 11) is 0. The predicted molar refractivity (Wildman–Crippen MR) is 79.3 cm³/mol. The number of benzene rings is 1. The minimum absolute atomic E-state index is 0.243. The zero-order valence-electron chi connectivity index (χ0n) is 12.1. The number of allylic oxidation sites excluding steroid dienone is 4. The van der Waals surface area contributed by atoms with Crippen LogP contribution >= 0.6 is 0 Å². The summed E-state index contributed by atoms with van der Waals surface area (Å²) in [4.78, 5) is 0. The summed E-state index contributed by atoms with van der Waals surface area (Å²) in [6, 6.07) is 4.02. The lowest BCUT2D eigenvalue weighted by Crippen LogP contribution is -1.98. The lowest BCUT2D eigenvalue weighted by molar-refractivity contribution is 0.465. The van der Waals surface area contributed by atoms with Crippen LogP contribution in [0.4, 0.5) is 0 Å². The van der Waals surface area contributed by atoms with Crippen molar-refractivity contribution in [3.05, 3.63) is 53.1 Å². The fourth-order valence-corrected chi connectivity index (χ4v) is 2.37. The van der Waals surface area contributed by atoms with Gasteiger partial charge < -0.3 is 5.11 Å². The lowest BCUT2D eigenvalue weighted by atomic mass is 9.89. The number of hydrogen-bond acceptors (Lipinski definition) is 1. The fraction of sp³-hybridized carbons (Fsp3) is 0.412. The summed E-state index contributed by atoms with van der Waals surface area (Å²) >= 11 is 0. The quantitative estimate of drug-likeness (QED) is 0.734. The van der Waals surface area contributed by atoms with Crippen LogP contribution in [-0.4, -0.2) is 5.11 Å². The molecule has 0 bridgehead atoms. The molecule has 0 aliphatic heterocycles. The first-order valence-electron chi connectivity index (χ1n) is 6.60. The number of phenols is 1. The molecular formula is C17H24O. The second-order valence-electron chi connectivity index (χ2n) is 4.90. The highest BCUT2D eigenvalue weighted by Gasteiger charge is 2.13. The van der Waals surface area contributed by atoms with Gasteiger partial charge >= 0.3 is 0 Å². The van der Waals surface area contributed by atoms with Crippen molar-refractivity contribution in [1.82, 2.24) is 0 Å². The monoisotopic (exact) mass is 244 g/mol. The molecule has 0 aliphatic carbocycles. The normalized spacial score (nSPS) is 15.4. The van der Waals surface area contributed by atoms with E-state index in [0.717, 1.165) is 11.1 Å². The molecule has 98 valence electrons. The molecule has 0 aromatic heterocycles. The summed E-state index contributed by atoms with van der Waals surface area (Å²) in [5.74, 6) is 1.02. The van der Waals surface area contributed by atoms with Crippen molar-refractivity contribution < 1.29 is 5.11 Å². The SMILES string of the molecule is CC=CC(C)c1cc(C(C)C=CC)c(O)cc1C. The summed E-state index contributed by atoms with van der Waals surface area (Å²) in [5.41, 5.74) is 3.44. The highest BCUT2D eigenvalue weighted by molar-refractivity contribution is 5.46. The van der Waals surface area contributed by atoms with Gasteiger partial charge in [-0.25, -0.2) is 0 Å². The molecule has 0 aliphatic rings. The van der Waals surface area contributed by atoms with Gasteiger partial charge in [-0.05, 0) is 43.9 Å². The van der Waals surface area contributed by atoms with Crippen molar-refractivity contribution in [3.63, 3.8) is 0 Å². The van der Waals surface area contributed by atoms with E-state index in [1.165, 1.54) is 5.56 Å². The molecule has 2 unspecified atom stereocenters. The van der Waals surface area contributed by atoms with Crippen molar-refractivity contribution in [3.8, 4) is 5.75 Å². The third-order valence-electron chi connectivity index (χ3n) is 3.36. The van der Waals surface area contributed by atoms with Gasteiger partial charge in [0.2, 0.25) is 0 Å². The van der Waals surface area contributed by atoms with Crippen molar-refractivity contribution in [2.75, 3.05) is 0 Å². The van der Waals surface area contributed by atoms with E-state index in [-0.39, 0.29) is 5.92 Å². The minimum atomic E-state index is 0.243. The molecule has 2 atom stereocenters. The van der Waals surface area contributed by atoms with Gasteiger partial charge in [-0.2, -0.15) is 0 Å². The molecule has 1 heteroatoms. The number of hydrogen-bond donors (Lipinski definition) is 1. The molecule has 0 radical (unpaired) electrons. The highest BCUT2D eigenvalue weighted by Crippen LogP contribution is 2.33. The van der Waals surface area contributed by atoms with Gasteiger partial charge in [0.15, 0.2) is 0 Å². The zero-order valence-corrected chi connectivity index (χ0v) is 12.1. The third-order valence-corrected chi connectivity index (χ3v) is 3.36. The first-order valence-corrected chi connectivity index (χ1v) is 6.60. The molecule has 1 aromatic rings. The Balaban J connectivity index is 3.25. The molecule has 0 fully saturated rings. The first kappa shape index (κ1) is 14.6. The molecule has 0 saturated carbocycles. The Hall–Kier alpha value is -1.50. The van der Waals surface area contributed by atoms with E-state index in [0.29, 0.717) is 11.7 Å². The maximum Gasteiger partial charge on any atom is 0.119 e. The van der Waals surface area contributed by atoms with Crippen LogP contribution in [0, 0.1) is 6.92 Å². The van der Waals surface area contributed by atoms with E-state index in [1.807, 2.05) is 26.0 Å². The van der Waals surface area contributed by atoms with Crippen LogP contribution in [0.1, 0.15) is 56.2 Å². The zero-order chi connectivity index (χ0) is 13.7. The van der Waals surface area contributed by atoms with Crippen LogP contribution in [0.5, 0.6) is 5.75 Å². The van der Waals surface area contributed by atoms with Gasteiger partial charge in [-0.1, -0.05) is 44.2 Å². The predicted octanol–water partition coefficient (Wildman–Crippen LogP) is 5.06. The van der Waals surface area contributed by atoms with Crippen molar-refractivity contribution >= 4 is 0 Å². The average molecular weight is 244 g/mol. The van der Waals surface area contributed by atoms with Crippen LogP contribution in [0.3, 0.4) is 0 Å². The van der Waals surface area contributed by atoms with Crippen LogP contribution in [0.25, 0.3) is 0 Å². The summed E-state index contributed by atoms with van der Waals surface area (Å²) in [6.45, 7) is 10.4. The fourth-order valence-electron chi connectivity index (χ4n) is 2.37. The number of aromatic hydroxyl groups is 1. The molecule has 1 aromatic carbocycles. The van der Waals surface area contributed by atoms with Crippen molar-refractivity contribution in [2.45, 2.75) is 46.5 Å². The molecule has 1 rings (SSSR count).